The smallest absolute Gasteiger partial charge is 0.362 e. The first-order valence-electron chi connectivity index (χ1n) is 5.99. The number of hydrogen-bond donors (Lipinski definition) is 0. The van der Waals surface area contributed by atoms with Crippen molar-refractivity contribution in [3.63, 3.8) is 0 Å². The molecule has 1 aromatic carbocycles. The Hall–Kier alpha value is -2.96. The van der Waals surface area contributed by atoms with Crippen LogP contribution in [0.3, 0.4) is 0 Å². The Morgan fingerprint density at radius 3 is 2.67 bits per heavy atom. The number of nitrogens with zero attached hydrogens (tertiary/aromatic N) is 2. The maximum atomic E-state index is 12.0. The molecule has 1 heterocycles. The van der Waals surface area contributed by atoms with E-state index in [-0.39, 0.29) is 17.1 Å². The third-order valence-electron chi connectivity index (χ3n) is 2.66. The van der Waals surface area contributed by atoms with Crippen molar-refractivity contribution < 1.29 is 19.2 Å². The van der Waals surface area contributed by atoms with Crippen molar-refractivity contribution in [1.82, 2.24) is 4.98 Å². The standard InChI is InChI=1S/C14H12N2O5/c1-9-4-3-5-11(15-9)14(17)21-13-7-6-10(20-2)8-12(13)16(18)19/h3-8H,1-2H3. The van der Waals surface area contributed by atoms with Crippen molar-refractivity contribution in [2.24, 2.45) is 0 Å². The lowest BCUT2D eigenvalue weighted by Gasteiger charge is -2.06. The number of nitro benzene ring substituents is 1. The summed E-state index contributed by atoms with van der Waals surface area (Å²) in [6, 6.07) is 8.83. The first kappa shape index (κ1) is 14.4. The van der Waals surface area contributed by atoms with Crippen molar-refractivity contribution in [2.45, 2.75) is 6.92 Å². The Balaban J connectivity index is 2.31. The summed E-state index contributed by atoms with van der Waals surface area (Å²) in [6.07, 6.45) is 0. The largest absolute Gasteiger partial charge is 0.496 e. The molecule has 0 fully saturated rings. The van der Waals surface area contributed by atoms with E-state index in [4.69, 9.17) is 9.47 Å². The number of benzene rings is 1. The molecule has 0 N–H and O–H groups in total. The van der Waals surface area contributed by atoms with Gasteiger partial charge in [0.15, 0.2) is 0 Å². The lowest BCUT2D eigenvalue weighted by molar-refractivity contribution is -0.385. The van der Waals surface area contributed by atoms with Crippen LogP contribution < -0.4 is 9.47 Å². The summed E-state index contributed by atoms with van der Waals surface area (Å²) in [5, 5.41) is 11.0. The summed E-state index contributed by atoms with van der Waals surface area (Å²) in [7, 11) is 1.39. The highest BCUT2D eigenvalue weighted by Gasteiger charge is 2.20. The van der Waals surface area contributed by atoms with E-state index in [0.717, 1.165) is 0 Å². The maximum Gasteiger partial charge on any atom is 0.362 e. The van der Waals surface area contributed by atoms with Gasteiger partial charge < -0.3 is 9.47 Å². The third-order valence-corrected chi connectivity index (χ3v) is 2.66. The predicted octanol–water partition coefficient (Wildman–Crippen LogP) is 2.53. The van der Waals surface area contributed by atoms with E-state index >= 15 is 0 Å². The molecule has 0 bridgehead atoms. The number of carbonyl (C=O) groups is 1. The molecular formula is C14H12N2O5. The van der Waals surface area contributed by atoms with Crippen LogP contribution >= 0.6 is 0 Å². The lowest BCUT2D eigenvalue weighted by Crippen LogP contribution is -2.12. The van der Waals surface area contributed by atoms with Gasteiger partial charge in [-0.1, -0.05) is 6.07 Å². The molecule has 0 atom stereocenters. The van der Waals surface area contributed by atoms with E-state index < -0.39 is 10.9 Å². The van der Waals surface area contributed by atoms with E-state index in [1.807, 2.05) is 0 Å². The fourth-order valence-corrected chi connectivity index (χ4v) is 1.66. The number of pyridine rings is 1. The third kappa shape index (κ3) is 3.33. The summed E-state index contributed by atoms with van der Waals surface area (Å²) in [6.45, 7) is 1.73. The maximum absolute atomic E-state index is 12.0. The van der Waals surface area contributed by atoms with Gasteiger partial charge in [0.2, 0.25) is 5.75 Å². The van der Waals surface area contributed by atoms with Crippen LogP contribution in [0, 0.1) is 17.0 Å². The average Bonchev–Trinajstić information content (AvgIpc) is 2.47. The number of aryl methyl sites for hydroxylation is 1. The van der Waals surface area contributed by atoms with E-state index in [1.54, 1.807) is 19.1 Å². The molecule has 2 rings (SSSR count). The molecule has 0 saturated heterocycles. The zero-order chi connectivity index (χ0) is 15.4. The molecule has 0 radical (unpaired) electrons. The fourth-order valence-electron chi connectivity index (χ4n) is 1.66. The van der Waals surface area contributed by atoms with E-state index in [0.29, 0.717) is 11.4 Å². The van der Waals surface area contributed by atoms with Gasteiger partial charge in [0.25, 0.3) is 0 Å². The highest BCUT2D eigenvalue weighted by atomic mass is 16.6. The normalized spacial score (nSPS) is 10.0. The van der Waals surface area contributed by atoms with Crippen LogP contribution in [0.5, 0.6) is 11.5 Å². The Morgan fingerprint density at radius 2 is 2.05 bits per heavy atom. The molecule has 0 amide bonds. The van der Waals surface area contributed by atoms with E-state index in [2.05, 4.69) is 4.98 Å². The van der Waals surface area contributed by atoms with Crippen molar-refractivity contribution >= 4 is 11.7 Å². The topological polar surface area (TPSA) is 91.6 Å². The zero-order valence-corrected chi connectivity index (χ0v) is 11.4. The number of ether oxygens (including phenoxy) is 2. The van der Waals surface area contributed by atoms with Gasteiger partial charge in [-0.25, -0.2) is 9.78 Å². The Kier molecular flexibility index (Phi) is 4.13. The highest BCUT2D eigenvalue weighted by Crippen LogP contribution is 2.31. The second-order valence-electron chi connectivity index (χ2n) is 4.14. The predicted molar refractivity (Wildman–Crippen MR) is 73.6 cm³/mol. The summed E-state index contributed by atoms with van der Waals surface area (Å²) in [4.78, 5) is 26.3. The van der Waals surface area contributed by atoms with Gasteiger partial charge in [-0.2, -0.15) is 0 Å². The Labute approximate surface area is 120 Å². The van der Waals surface area contributed by atoms with Crippen molar-refractivity contribution in [3.05, 3.63) is 57.9 Å². The molecule has 0 unspecified atom stereocenters. The van der Waals surface area contributed by atoms with Gasteiger partial charge in [-0.05, 0) is 31.2 Å². The number of aromatic nitrogens is 1. The number of rotatable bonds is 4. The fraction of sp³-hybridized carbons (Fsp3) is 0.143. The van der Waals surface area contributed by atoms with Crippen LogP contribution in [0.15, 0.2) is 36.4 Å². The minimum Gasteiger partial charge on any atom is -0.496 e. The second kappa shape index (κ2) is 6.00. The molecule has 7 heteroatoms. The average molecular weight is 288 g/mol. The van der Waals surface area contributed by atoms with Gasteiger partial charge in [0.1, 0.15) is 11.4 Å². The van der Waals surface area contributed by atoms with Crippen LogP contribution in [0.1, 0.15) is 16.2 Å². The molecule has 108 valence electrons. The van der Waals surface area contributed by atoms with Gasteiger partial charge in [-0.3, -0.25) is 10.1 Å². The van der Waals surface area contributed by atoms with Crippen molar-refractivity contribution in [2.75, 3.05) is 7.11 Å². The Morgan fingerprint density at radius 1 is 1.29 bits per heavy atom. The molecule has 0 spiro atoms. The molecule has 21 heavy (non-hydrogen) atoms. The van der Waals surface area contributed by atoms with Gasteiger partial charge in [0, 0.05) is 5.69 Å². The molecule has 1 aromatic heterocycles. The molecular weight excluding hydrogens is 276 g/mol. The van der Waals surface area contributed by atoms with Gasteiger partial charge in [0.05, 0.1) is 18.1 Å². The SMILES string of the molecule is COc1ccc(OC(=O)c2cccc(C)n2)c([N+](=O)[O-])c1. The van der Waals surface area contributed by atoms with Gasteiger partial charge >= 0.3 is 11.7 Å². The van der Waals surface area contributed by atoms with Crippen LogP contribution in [-0.2, 0) is 0 Å². The summed E-state index contributed by atoms with van der Waals surface area (Å²) in [5.74, 6) is -0.615. The first-order valence-corrected chi connectivity index (χ1v) is 5.99. The van der Waals surface area contributed by atoms with Crippen LogP contribution in [-0.4, -0.2) is 23.0 Å². The lowest BCUT2D eigenvalue weighted by atomic mass is 10.2. The molecule has 0 aliphatic carbocycles. The molecule has 0 aliphatic rings. The first-order chi connectivity index (χ1) is 10.0. The monoisotopic (exact) mass is 288 g/mol. The quantitative estimate of drug-likeness (QED) is 0.371. The van der Waals surface area contributed by atoms with E-state index in [9.17, 15) is 14.9 Å². The molecule has 2 aromatic rings. The minimum atomic E-state index is -0.757. The van der Waals surface area contributed by atoms with Gasteiger partial charge in [-0.15, -0.1) is 0 Å². The number of esters is 1. The summed E-state index contributed by atoms with van der Waals surface area (Å²) >= 11 is 0. The van der Waals surface area contributed by atoms with Crippen molar-refractivity contribution in [1.29, 1.82) is 0 Å². The number of carbonyl (C=O) groups excluding carboxylic acids is 1. The molecule has 0 aliphatic heterocycles. The highest BCUT2D eigenvalue weighted by molar-refractivity contribution is 5.89. The number of methoxy groups -OCH3 is 1. The van der Waals surface area contributed by atoms with E-state index in [1.165, 1.54) is 31.4 Å². The summed E-state index contributed by atoms with van der Waals surface area (Å²) in [5.41, 5.74) is 0.379. The number of hydrogen-bond acceptors (Lipinski definition) is 6. The minimum absolute atomic E-state index is 0.0834. The summed E-state index contributed by atoms with van der Waals surface area (Å²) < 4.78 is 9.96. The molecule has 0 saturated carbocycles. The second-order valence-corrected chi connectivity index (χ2v) is 4.14. The van der Waals surface area contributed by atoms with Crippen molar-refractivity contribution in [3.8, 4) is 11.5 Å². The molecule has 7 nitrogen and oxygen atoms in total. The Bertz CT molecular complexity index is 700. The zero-order valence-electron chi connectivity index (χ0n) is 11.4. The van der Waals surface area contributed by atoms with Crippen LogP contribution in [0.2, 0.25) is 0 Å². The van der Waals surface area contributed by atoms with Crippen LogP contribution in [0.25, 0.3) is 0 Å². The number of nitro groups is 1. The van der Waals surface area contributed by atoms with Crippen LogP contribution in [0.4, 0.5) is 5.69 Å².